The van der Waals surface area contributed by atoms with Crippen LogP contribution in [0.2, 0.25) is 10.0 Å². The number of carbonyl (C=O) groups is 1. The predicted octanol–water partition coefficient (Wildman–Crippen LogP) is 6.97. The molecular formula is C21H13Cl2NO2S2. The first-order valence-electron chi connectivity index (χ1n) is 8.32. The molecule has 1 aromatic heterocycles. The van der Waals surface area contributed by atoms with E-state index in [-0.39, 0.29) is 5.91 Å². The van der Waals surface area contributed by atoms with Gasteiger partial charge in [-0.05, 0) is 55.0 Å². The molecule has 0 radical (unpaired) electrons. The number of benzene rings is 2. The number of hydrogen-bond acceptors (Lipinski definition) is 4. The smallest absolute Gasteiger partial charge is 0.270 e. The summed E-state index contributed by atoms with van der Waals surface area (Å²) in [5.74, 6) is 1.04. The number of hydrogen-bond donors (Lipinski definition) is 0. The lowest BCUT2D eigenvalue weighted by Crippen LogP contribution is -2.27. The SMILES string of the molecule is Cc1cccc(N2C(=O)C(=Cc3ccc(-c4ccc(Cl)c(Cl)c4)o3)SC2=S)c1. The number of carbonyl (C=O) groups excluding carboxylic acids is 1. The summed E-state index contributed by atoms with van der Waals surface area (Å²) in [6.45, 7) is 1.98. The predicted molar refractivity (Wildman–Crippen MR) is 121 cm³/mol. The molecule has 1 amide bonds. The van der Waals surface area contributed by atoms with Gasteiger partial charge in [0.25, 0.3) is 5.91 Å². The van der Waals surface area contributed by atoms with Crippen molar-refractivity contribution >= 4 is 69.2 Å². The summed E-state index contributed by atoms with van der Waals surface area (Å²) in [6.07, 6.45) is 1.70. The van der Waals surface area contributed by atoms with Gasteiger partial charge in [-0.25, -0.2) is 0 Å². The molecule has 7 heteroatoms. The summed E-state index contributed by atoms with van der Waals surface area (Å²) in [7, 11) is 0. The third-order valence-corrected chi connectivity index (χ3v) is 6.20. The quantitative estimate of drug-likeness (QED) is 0.321. The lowest BCUT2D eigenvalue weighted by molar-refractivity contribution is -0.113. The maximum Gasteiger partial charge on any atom is 0.270 e. The molecule has 2 heterocycles. The topological polar surface area (TPSA) is 33.5 Å². The van der Waals surface area contributed by atoms with Gasteiger partial charge in [0.1, 0.15) is 11.5 Å². The summed E-state index contributed by atoms with van der Waals surface area (Å²) in [5.41, 5.74) is 2.64. The first kappa shape index (κ1) is 19.3. The van der Waals surface area contributed by atoms with Crippen molar-refractivity contribution in [2.45, 2.75) is 6.92 Å². The Bertz CT molecular complexity index is 1140. The van der Waals surface area contributed by atoms with Crippen molar-refractivity contribution in [1.82, 2.24) is 0 Å². The fourth-order valence-corrected chi connectivity index (χ4v) is 4.40. The van der Waals surface area contributed by atoms with Gasteiger partial charge in [-0.15, -0.1) is 0 Å². The van der Waals surface area contributed by atoms with Crippen LogP contribution in [-0.2, 0) is 4.79 Å². The van der Waals surface area contributed by atoms with Crippen LogP contribution >= 0.6 is 47.2 Å². The van der Waals surface area contributed by atoms with Crippen LogP contribution in [0, 0.1) is 6.92 Å². The van der Waals surface area contributed by atoms with E-state index in [0.717, 1.165) is 16.8 Å². The summed E-state index contributed by atoms with van der Waals surface area (Å²) in [4.78, 5) is 14.9. The molecule has 0 N–H and O–H groups in total. The van der Waals surface area contributed by atoms with Crippen LogP contribution in [-0.4, -0.2) is 10.2 Å². The fourth-order valence-electron chi connectivity index (χ4n) is 2.82. The third kappa shape index (κ3) is 3.76. The van der Waals surface area contributed by atoms with E-state index in [1.165, 1.54) is 11.8 Å². The van der Waals surface area contributed by atoms with Crippen LogP contribution in [0.4, 0.5) is 5.69 Å². The van der Waals surface area contributed by atoms with Crippen LogP contribution < -0.4 is 4.90 Å². The molecule has 0 saturated carbocycles. The molecule has 0 bridgehead atoms. The molecule has 1 saturated heterocycles. The highest BCUT2D eigenvalue weighted by Gasteiger charge is 2.33. The van der Waals surface area contributed by atoms with Gasteiger partial charge in [-0.3, -0.25) is 9.69 Å². The van der Waals surface area contributed by atoms with Crippen molar-refractivity contribution in [3.63, 3.8) is 0 Å². The Morgan fingerprint density at radius 1 is 1.07 bits per heavy atom. The highest BCUT2D eigenvalue weighted by Crippen LogP contribution is 2.37. The van der Waals surface area contributed by atoms with Gasteiger partial charge in [-0.1, -0.05) is 59.3 Å². The first-order chi connectivity index (χ1) is 13.4. The zero-order valence-electron chi connectivity index (χ0n) is 14.6. The van der Waals surface area contributed by atoms with Crippen LogP contribution in [0.15, 0.2) is 63.9 Å². The van der Waals surface area contributed by atoms with Crippen molar-refractivity contribution in [3.05, 3.63) is 80.9 Å². The lowest BCUT2D eigenvalue weighted by Gasteiger charge is -2.14. The fraction of sp³-hybridized carbons (Fsp3) is 0.0476. The Balaban J connectivity index is 1.61. The molecular weight excluding hydrogens is 433 g/mol. The van der Waals surface area contributed by atoms with Gasteiger partial charge in [0, 0.05) is 11.6 Å². The van der Waals surface area contributed by atoms with Gasteiger partial charge in [-0.2, -0.15) is 0 Å². The minimum Gasteiger partial charge on any atom is -0.457 e. The Kier molecular flexibility index (Phi) is 5.34. The number of aryl methyl sites for hydroxylation is 1. The van der Waals surface area contributed by atoms with Crippen molar-refractivity contribution in [2.24, 2.45) is 0 Å². The van der Waals surface area contributed by atoms with Gasteiger partial charge in [0.15, 0.2) is 4.32 Å². The zero-order valence-corrected chi connectivity index (χ0v) is 17.8. The minimum atomic E-state index is -0.159. The third-order valence-electron chi connectivity index (χ3n) is 4.16. The first-order valence-corrected chi connectivity index (χ1v) is 10.3. The van der Waals surface area contributed by atoms with E-state index in [0.29, 0.717) is 30.8 Å². The second-order valence-corrected chi connectivity index (χ2v) is 8.68. The molecule has 0 unspecified atom stereocenters. The van der Waals surface area contributed by atoms with Gasteiger partial charge in [0.05, 0.1) is 20.6 Å². The molecule has 1 aliphatic rings. The average Bonchev–Trinajstić information content (AvgIpc) is 3.22. The molecule has 3 nitrogen and oxygen atoms in total. The van der Waals surface area contributed by atoms with E-state index in [4.69, 9.17) is 39.8 Å². The Labute approximate surface area is 181 Å². The van der Waals surface area contributed by atoms with Gasteiger partial charge >= 0.3 is 0 Å². The highest BCUT2D eigenvalue weighted by molar-refractivity contribution is 8.27. The van der Waals surface area contributed by atoms with Crippen LogP contribution in [0.5, 0.6) is 0 Å². The number of furan rings is 1. The Morgan fingerprint density at radius 3 is 2.64 bits per heavy atom. The number of thioether (sulfide) groups is 1. The number of halogens is 2. The van der Waals surface area contributed by atoms with E-state index in [1.54, 1.807) is 29.2 Å². The van der Waals surface area contributed by atoms with Crippen LogP contribution in [0.25, 0.3) is 17.4 Å². The van der Waals surface area contributed by atoms with Gasteiger partial charge in [0.2, 0.25) is 0 Å². The van der Waals surface area contributed by atoms with E-state index in [1.807, 2.05) is 43.3 Å². The van der Waals surface area contributed by atoms with Crippen molar-refractivity contribution in [2.75, 3.05) is 4.90 Å². The Hall–Kier alpha value is -2.05. The highest BCUT2D eigenvalue weighted by atomic mass is 35.5. The zero-order chi connectivity index (χ0) is 19.8. The molecule has 3 aromatic rings. The maximum absolute atomic E-state index is 12.9. The van der Waals surface area contributed by atoms with Crippen molar-refractivity contribution in [1.29, 1.82) is 0 Å². The molecule has 28 heavy (non-hydrogen) atoms. The summed E-state index contributed by atoms with van der Waals surface area (Å²) in [5, 5.41) is 0.938. The number of anilines is 1. The Morgan fingerprint density at radius 2 is 1.89 bits per heavy atom. The van der Waals surface area contributed by atoms with Crippen LogP contribution in [0.1, 0.15) is 11.3 Å². The molecule has 0 spiro atoms. The molecule has 2 aromatic carbocycles. The summed E-state index contributed by atoms with van der Waals surface area (Å²) in [6, 6.07) is 16.6. The second kappa shape index (κ2) is 7.76. The number of thiocarbonyl (C=S) groups is 1. The van der Waals surface area contributed by atoms with Crippen LogP contribution in [0.3, 0.4) is 0 Å². The second-order valence-electron chi connectivity index (χ2n) is 6.19. The number of amides is 1. The van der Waals surface area contributed by atoms with Gasteiger partial charge < -0.3 is 4.42 Å². The molecule has 0 aliphatic carbocycles. The molecule has 1 aliphatic heterocycles. The van der Waals surface area contributed by atoms with E-state index < -0.39 is 0 Å². The number of nitrogens with zero attached hydrogens (tertiary/aromatic N) is 1. The average molecular weight is 446 g/mol. The van der Waals surface area contributed by atoms with Crippen molar-refractivity contribution < 1.29 is 9.21 Å². The largest absolute Gasteiger partial charge is 0.457 e. The van der Waals surface area contributed by atoms with Crippen molar-refractivity contribution in [3.8, 4) is 11.3 Å². The van der Waals surface area contributed by atoms with E-state index in [9.17, 15) is 4.79 Å². The number of rotatable bonds is 3. The lowest BCUT2D eigenvalue weighted by atomic mass is 10.2. The standard InChI is InChI=1S/C21H13Cl2NO2S2/c1-12-3-2-4-14(9-12)24-20(25)19(28-21(24)27)11-15-6-8-18(26-15)13-5-7-16(22)17(23)10-13/h2-11H,1H3. The molecule has 4 rings (SSSR count). The van der Waals surface area contributed by atoms with E-state index in [2.05, 4.69) is 0 Å². The molecule has 1 fully saturated rings. The molecule has 0 atom stereocenters. The summed E-state index contributed by atoms with van der Waals surface area (Å²) >= 11 is 18.7. The minimum absolute atomic E-state index is 0.159. The maximum atomic E-state index is 12.9. The van der Waals surface area contributed by atoms with E-state index >= 15 is 0 Å². The summed E-state index contributed by atoms with van der Waals surface area (Å²) < 4.78 is 6.36. The normalized spacial score (nSPS) is 15.7. The monoisotopic (exact) mass is 445 g/mol. The molecule has 140 valence electrons.